The molecule has 15 heavy (non-hydrogen) atoms. The van der Waals surface area contributed by atoms with Crippen LogP contribution >= 0.6 is 0 Å². The van der Waals surface area contributed by atoms with E-state index in [0.29, 0.717) is 19.1 Å². The second kappa shape index (κ2) is 6.08. The molecule has 0 aromatic carbocycles. The van der Waals surface area contributed by atoms with Gasteiger partial charge in [0.2, 0.25) is 5.91 Å². The molecule has 0 aromatic rings. The van der Waals surface area contributed by atoms with Gasteiger partial charge in [-0.05, 0) is 32.9 Å². The van der Waals surface area contributed by atoms with Crippen molar-refractivity contribution < 1.29 is 9.53 Å². The average molecular weight is 214 g/mol. The van der Waals surface area contributed by atoms with Gasteiger partial charge in [0.15, 0.2) is 0 Å². The molecule has 1 heterocycles. The Morgan fingerprint density at radius 3 is 2.67 bits per heavy atom. The minimum atomic E-state index is 0.105. The molecule has 0 radical (unpaired) electrons. The zero-order chi connectivity index (χ0) is 11.3. The average Bonchev–Trinajstić information content (AvgIpc) is 2.11. The fourth-order valence-corrected chi connectivity index (χ4v) is 1.59. The van der Waals surface area contributed by atoms with E-state index in [2.05, 4.69) is 10.6 Å². The summed E-state index contributed by atoms with van der Waals surface area (Å²) in [6.45, 7) is 9.15. The summed E-state index contributed by atoms with van der Waals surface area (Å²) in [5.74, 6) is 0.758. The topological polar surface area (TPSA) is 50.4 Å². The molecule has 2 N–H and O–H groups in total. The monoisotopic (exact) mass is 214 g/mol. The molecular formula is C11H22N2O2. The number of hydrogen-bond acceptors (Lipinski definition) is 3. The van der Waals surface area contributed by atoms with E-state index in [9.17, 15) is 4.79 Å². The van der Waals surface area contributed by atoms with Gasteiger partial charge in [0.05, 0.1) is 6.61 Å². The summed E-state index contributed by atoms with van der Waals surface area (Å²) in [6, 6.07) is 0.105. The van der Waals surface area contributed by atoms with Gasteiger partial charge in [0.1, 0.15) is 0 Å². The van der Waals surface area contributed by atoms with Crippen LogP contribution in [-0.4, -0.2) is 38.3 Å². The van der Waals surface area contributed by atoms with E-state index in [1.165, 1.54) is 0 Å². The summed E-state index contributed by atoms with van der Waals surface area (Å²) in [4.78, 5) is 11.8. The molecule has 1 amide bonds. The largest absolute Gasteiger partial charge is 0.380 e. The highest BCUT2D eigenvalue weighted by Gasteiger charge is 2.29. The summed E-state index contributed by atoms with van der Waals surface area (Å²) in [7, 11) is 0. The standard InChI is InChI=1S/C11H22N2O2/c1-4-15-7-8(2)13-11(14)9(3)10-5-12-6-10/h8-10,12H,4-7H2,1-3H3,(H,13,14). The van der Waals surface area contributed by atoms with Crippen LogP contribution in [-0.2, 0) is 9.53 Å². The molecule has 0 saturated carbocycles. The second-order valence-corrected chi connectivity index (χ2v) is 4.28. The van der Waals surface area contributed by atoms with Gasteiger partial charge in [-0.2, -0.15) is 0 Å². The van der Waals surface area contributed by atoms with Crippen LogP contribution in [0.15, 0.2) is 0 Å². The second-order valence-electron chi connectivity index (χ2n) is 4.28. The molecule has 0 aliphatic carbocycles. The van der Waals surface area contributed by atoms with Crippen LogP contribution in [0.2, 0.25) is 0 Å². The van der Waals surface area contributed by atoms with Gasteiger partial charge in [0.25, 0.3) is 0 Å². The van der Waals surface area contributed by atoms with Crippen molar-refractivity contribution in [1.29, 1.82) is 0 Å². The molecule has 0 bridgehead atoms. The van der Waals surface area contributed by atoms with Crippen LogP contribution in [0, 0.1) is 11.8 Å². The lowest BCUT2D eigenvalue weighted by Crippen LogP contribution is -2.51. The van der Waals surface area contributed by atoms with Gasteiger partial charge in [-0.1, -0.05) is 6.92 Å². The van der Waals surface area contributed by atoms with Crippen LogP contribution in [0.4, 0.5) is 0 Å². The Hall–Kier alpha value is -0.610. The zero-order valence-corrected chi connectivity index (χ0v) is 9.88. The number of carbonyl (C=O) groups excluding carboxylic acids is 1. The maximum absolute atomic E-state index is 11.8. The molecule has 2 unspecified atom stereocenters. The van der Waals surface area contributed by atoms with E-state index >= 15 is 0 Å². The molecule has 1 saturated heterocycles. The first-order chi connectivity index (χ1) is 7.15. The van der Waals surface area contributed by atoms with Crippen molar-refractivity contribution in [1.82, 2.24) is 10.6 Å². The van der Waals surface area contributed by atoms with Gasteiger partial charge in [-0.3, -0.25) is 4.79 Å². The Balaban J connectivity index is 2.21. The summed E-state index contributed by atoms with van der Waals surface area (Å²) in [5, 5.41) is 6.15. The van der Waals surface area contributed by atoms with E-state index in [4.69, 9.17) is 4.74 Å². The van der Waals surface area contributed by atoms with Crippen molar-refractivity contribution in [2.75, 3.05) is 26.3 Å². The summed E-state index contributed by atoms with van der Waals surface area (Å²) in [5.41, 5.74) is 0. The van der Waals surface area contributed by atoms with Crippen molar-refractivity contribution in [3.63, 3.8) is 0 Å². The Morgan fingerprint density at radius 2 is 2.20 bits per heavy atom. The fraction of sp³-hybridized carbons (Fsp3) is 0.909. The number of rotatable bonds is 6. The minimum Gasteiger partial charge on any atom is -0.380 e. The molecular weight excluding hydrogens is 192 g/mol. The number of ether oxygens (including phenoxy) is 1. The predicted octanol–water partition coefficient (Wildman–Crippen LogP) is 0.383. The molecule has 4 nitrogen and oxygen atoms in total. The predicted molar refractivity (Wildman–Crippen MR) is 59.6 cm³/mol. The van der Waals surface area contributed by atoms with Crippen molar-refractivity contribution in [3.05, 3.63) is 0 Å². The summed E-state index contributed by atoms with van der Waals surface area (Å²) >= 11 is 0. The number of nitrogens with one attached hydrogen (secondary N) is 2. The van der Waals surface area contributed by atoms with Gasteiger partial charge in [-0.15, -0.1) is 0 Å². The molecule has 4 heteroatoms. The minimum absolute atomic E-state index is 0.105. The van der Waals surface area contributed by atoms with E-state index in [-0.39, 0.29) is 17.9 Å². The quantitative estimate of drug-likeness (QED) is 0.672. The maximum Gasteiger partial charge on any atom is 0.223 e. The Kier molecular flexibility index (Phi) is 5.05. The Bertz CT molecular complexity index is 205. The first-order valence-electron chi connectivity index (χ1n) is 5.74. The highest BCUT2D eigenvalue weighted by molar-refractivity contribution is 5.79. The third-order valence-corrected chi connectivity index (χ3v) is 2.89. The van der Waals surface area contributed by atoms with Crippen LogP contribution in [0.25, 0.3) is 0 Å². The van der Waals surface area contributed by atoms with Crippen molar-refractivity contribution in [3.8, 4) is 0 Å². The van der Waals surface area contributed by atoms with E-state index in [0.717, 1.165) is 13.1 Å². The van der Waals surface area contributed by atoms with Gasteiger partial charge < -0.3 is 15.4 Å². The Labute approximate surface area is 91.8 Å². The lowest BCUT2D eigenvalue weighted by molar-refractivity contribution is -0.127. The first-order valence-corrected chi connectivity index (χ1v) is 5.74. The number of amides is 1. The molecule has 0 spiro atoms. The number of carbonyl (C=O) groups is 1. The maximum atomic E-state index is 11.8. The molecule has 2 atom stereocenters. The number of hydrogen-bond donors (Lipinski definition) is 2. The molecule has 1 fully saturated rings. The van der Waals surface area contributed by atoms with Gasteiger partial charge in [0, 0.05) is 18.6 Å². The summed E-state index contributed by atoms with van der Waals surface area (Å²) in [6.07, 6.45) is 0. The SMILES string of the molecule is CCOCC(C)NC(=O)C(C)C1CNC1. The molecule has 0 aromatic heterocycles. The smallest absolute Gasteiger partial charge is 0.223 e. The van der Waals surface area contributed by atoms with E-state index < -0.39 is 0 Å². The third kappa shape index (κ3) is 3.80. The highest BCUT2D eigenvalue weighted by atomic mass is 16.5. The molecule has 1 aliphatic rings. The highest BCUT2D eigenvalue weighted by Crippen LogP contribution is 2.15. The lowest BCUT2D eigenvalue weighted by Gasteiger charge is -2.32. The van der Waals surface area contributed by atoms with E-state index in [1.54, 1.807) is 0 Å². The van der Waals surface area contributed by atoms with E-state index in [1.807, 2.05) is 20.8 Å². The molecule has 88 valence electrons. The van der Waals surface area contributed by atoms with Crippen molar-refractivity contribution in [2.24, 2.45) is 11.8 Å². The van der Waals surface area contributed by atoms with Crippen LogP contribution < -0.4 is 10.6 Å². The van der Waals surface area contributed by atoms with Gasteiger partial charge in [-0.25, -0.2) is 0 Å². The van der Waals surface area contributed by atoms with Crippen LogP contribution in [0.3, 0.4) is 0 Å². The summed E-state index contributed by atoms with van der Waals surface area (Å²) < 4.78 is 5.25. The third-order valence-electron chi connectivity index (χ3n) is 2.89. The van der Waals surface area contributed by atoms with Crippen LogP contribution in [0.5, 0.6) is 0 Å². The Morgan fingerprint density at radius 1 is 1.53 bits per heavy atom. The van der Waals surface area contributed by atoms with Gasteiger partial charge >= 0.3 is 0 Å². The van der Waals surface area contributed by atoms with Crippen LogP contribution in [0.1, 0.15) is 20.8 Å². The lowest BCUT2D eigenvalue weighted by atomic mass is 9.88. The fourth-order valence-electron chi connectivity index (χ4n) is 1.59. The zero-order valence-electron chi connectivity index (χ0n) is 9.88. The first kappa shape index (κ1) is 12.5. The van der Waals surface area contributed by atoms with Crippen molar-refractivity contribution >= 4 is 5.91 Å². The molecule has 1 aliphatic heterocycles. The molecule has 1 rings (SSSR count). The normalized spacial score (nSPS) is 20.5. The van der Waals surface area contributed by atoms with Crippen molar-refractivity contribution in [2.45, 2.75) is 26.8 Å².